The molecule has 11 heteroatoms. The van der Waals surface area contributed by atoms with Gasteiger partial charge >= 0.3 is 18.4 Å². The number of hydrogen-bond acceptors (Lipinski definition) is 3. The maximum absolute atomic E-state index is 13.5. The summed E-state index contributed by atoms with van der Waals surface area (Å²) >= 11 is 0. The Morgan fingerprint density at radius 3 is 2.18 bits per heavy atom. The number of aryl methyl sites for hydroxylation is 1. The van der Waals surface area contributed by atoms with Crippen LogP contribution in [-0.4, -0.2) is 60.8 Å². The van der Waals surface area contributed by atoms with Crippen molar-refractivity contribution in [2.75, 3.05) is 33.8 Å². The molecule has 0 radical (unpaired) electrons. The van der Waals surface area contributed by atoms with Gasteiger partial charge in [-0.1, -0.05) is 24.3 Å². The van der Waals surface area contributed by atoms with Crippen LogP contribution in [0.15, 0.2) is 42.5 Å². The number of carbonyl (C=O) groups is 1. The largest absolute Gasteiger partial charge is 0.416 e. The summed E-state index contributed by atoms with van der Waals surface area (Å²) in [5.74, 6) is -0.136. The normalized spacial score (nSPS) is 24.4. The molecule has 214 valence electrons. The third-order valence-electron chi connectivity index (χ3n) is 7.86. The highest BCUT2D eigenvalue weighted by atomic mass is 19.4. The standard InChI is InChI=1S/C28H32F6N2O3/c1-16-6-4-5-7-21(16)25-22-14-36(26(38)35(2)3)13-17(22)8-9-23(25)39-24(15-37)18-10-19(27(29,30)31)12-20(11-18)28(32,33)34/h4-7,10-12,17,22-25,37H,8-9,13-15H2,1-3H3/t17-,22-,23+,24+,25+/m1/s1. The number of amides is 2. The van der Waals surface area contributed by atoms with E-state index in [1.807, 2.05) is 31.2 Å². The van der Waals surface area contributed by atoms with E-state index in [4.69, 9.17) is 4.74 Å². The van der Waals surface area contributed by atoms with E-state index in [9.17, 15) is 36.2 Å². The van der Waals surface area contributed by atoms with Crippen LogP contribution in [0.1, 0.15) is 52.7 Å². The van der Waals surface area contributed by atoms with Crippen molar-refractivity contribution in [3.05, 3.63) is 70.3 Å². The molecule has 0 spiro atoms. The van der Waals surface area contributed by atoms with Crippen LogP contribution in [0.2, 0.25) is 0 Å². The third kappa shape index (κ3) is 6.19. The van der Waals surface area contributed by atoms with E-state index in [0.29, 0.717) is 38.1 Å². The van der Waals surface area contributed by atoms with Crippen molar-refractivity contribution < 1.29 is 41.0 Å². The van der Waals surface area contributed by atoms with Gasteiger partial charge in [0.05, 0.1) is 23.8 Å². The molecular formula is C28H32F6N2O3. The summed E-state index contributed by atoms with van der Waals surface area (Å²) < 4.78 is 87.2. The lowest BCUT2D eigenvalue weighted by atomic mass is 9.68. The maximum Gasteiger partial charge on any atom is 0.416 e. The lowest BCUT2D eigenvalue weighted by Gasteiger charge is -2.41. The van der Waals surface area contributed by atoms with Crippen molar-refractivity contribution in [2.45, 2.75) is 50.2 Å². The number of likely N-dealkylation sites (tertiary alicyclic amines) is 1. The Kier molecular flexibility index (Phi) is 8.23. The fraction of sp³-hybridized carbons (Fsp3) is 0.536. The van der Waals surface area contributed by atoms with Gasteiger partial charge in [-0.25, -0.2) is 4.79 Å². The highest BCUT2D eigenvalue weighted by molar-refractivity contribution is 5.74. The average Bonchev–Trinajstić information content (AvgIpc) is 3.30. The number of urea groups is 1. The molecule has 5 nitrogen and oxygen atoms in total. The number of ether oxygens (including phenoxy) is 1. The van der Waals surface area contributed by atoms with Gasteiger partial charge < -0.3 is 19.6 Å². The molecule has 1 aliphatic carbocycles. The molecule has 1 saturated carbocycles. The average molecular weight is 559 g/mol. The zero-order valence-electron chi connectivity index (χ0n) is 21.9. The van der Waals surface area contributed by atoms with Crippen molar-refractivity contribution >= 4 is 6.03 Å². The Labute approximate surface area is 223 Å². The minimum absolute atomic E-state index is 0.0275. The topological polar surface area (TPSA) is 53.0 Å². The maximum atomic E-state index is 13.5. The van der Waals surface area contributed by atoms with Gasteiger partial charge in [0.2, 0.25) is 0 Å². The summed E-state index contributed by atoms with van der Waals surface area (Å²) in [7, 11) is 3.34. The van der Waals surface area contributed by atoms with Crippen molar-refractivity contribution in [1.29, 1.82) is 0 Å². The Balaban J connectivity index is 1.71. The molecule has 1 heterocycles. The predicted molar refractivity (Wildman–Crippen MR) is 132 cm³/mol. The Hall–Kier alpha value is -2.79. The van der Waals surface area contributed by atoms with Crippen LogP contribution < -0.4 is 0 Å². The first-order valence-corrected chi connectivity index (χ1v) is 12.8. The number of fused-ring (bicyclic) bond motifs is 1. The SMILES string of the molecule is Cc1ccccc1[C@H]1[C@@H]2CN(C(=O)N(C)C)C[C@H]2CC[C@@H]1O[C@@H](CO)c1cc(C(F)(F)F)cc(C(F)(F)F)c1. The minimum Gasteiger partial charge on any atom is -0.393 e. The summed E-state index contributed by atoms with van der Waals surface area (Å²) in [6.07, 6.45) is -10.9. The van der Waals surface area contributed by atoms with Gasteiger partial charge in [-0.2, -0.15) is 26.3 Å². The number of benzene rings is 2. The lowest BCUT2D eigenvalue weighted by Crippen LogP contribution is -2.40. The fourth-order valence-electron chi connectivity index (χ4n) is 6.03. The lowest BCUT2D eigenvalue weighted by molar-refractivity contribution is -0.143. The first-order chi connectivity index (χ1) is 18.2. The second-order valence-corrected chi connectivity index (χ2v) is 10.7. The summed E-state index contributed by atoms with van der Waals surface area (Å²) in [4.78, 5) is 16.0. The van der Waals surface area contributed by atoms with Crippen LogP contribution in [0.25, 0.3) is 0 Å². The molecule has 0 unspecified atom stereocenters. The van der Waals surface area contributed by atoms with Gasteiger partial charge in [0, 0.05) is 33.1 Å². The fourth-order valence-corrected chi connectivity index (χ4v) is 6.03. The Morgan fingerprint density at radius 2 is 1.64 bits per heavy atom. The number of nitrogens with zero attached hydrogens (tertiary/aromatic N) is 2. The van der Waals surface area contributed by atoms with Crippen LogP contribution in [0.4, 0.5) is 31.1 Å². The molecule has 0 bridgehead atoms. The van der Waals surface area contributed by atoms with E-state index in [2.05, 4.69) is 0 Å². The van der Waals surface area contributed by atoms with E-state index >= 15 is 0 Å². The number of alkyl halides is 6. The first kappa shape index (κ1) is 29.2. The molecule has 2 aromatic carbocycles. The van der Waals surface area contributed by atoms with Crippen molar-refractivity contribution in [3.63, 3.8) is 0 Å². The van der Waals surface area contributed by atoms with Crippen molar-refractivity contribution in [3.8, 4) is 0 Å². The molecular weight excluding hydrogens is 526 g/mol. The smallest absolute Gasteiger partial charge is 0.393 e. The van der Waals surface area contributed by atoms with E-state index < -0.39 is 42.3 Å². The van der Waals surface area contributed by atoms with Crippen molar-refractivity contribution in [2.24, 2.45) is 11.8 Å². The summed E-state index contributed by atoms with van der Waals surface area (Å²) in [5, 5.41) is 10.1. The van der Waals surface area contributed by atoms with Gasteiger partial charge in [0.1, 0.15) is 6.10 Å². The van der Waals surface area contributed by atoms with E-state index in [0.717, 1.165) is 11.1 Å². The molecule has 4 rings (SSSR count). The number of halogens is 6. The second-order valence-electron chi connectivity index (χ2n) is 10.7. The summed E-state index contributed by atoms with van der Waals surface area (Å²) in [6.45, 7) is 2.14. The molecule has 2 aromatic rings. The summed E-state index contributed by atoms with van der Waals surface area (Å²) in [5.41, 5.74) is -1.38. The quantitative estimate of drug-likeness (QED) is 0.441. The van der Waals surface area contributed by atoms with Gasteiger partial charge in [0.15, 0.2) is 0 Å². The Morgan fingerprint density at radius 1 is 1.03 bits per heavy atom. The van der Waals surface area contributed by atoms with Crippen LogP contribution in [0.3, 0.4) is 0 Å². The van der Waals surface area contributed by atoms with Crippen LogP contribution >= 0.6 is 0 Å². The monoisotopic (exact) mass is 558 g/mol. The third-order valence-corrected chi connectivity index (χ3v) is 7.86. The van der Waals surface area contributed by atoms with Gasteiger partial charge in [0.25, 0.3) is 0 Å². The number of rotatable bonds is 5. The number of aliphatic hydroxyl groups is 1. The zero-order chi connectivity index (χ0) is 28.7. The molecule has 2 amide bonds. The van der Waals surface area contributed by atoms with E-state index in [-0.39, 0.29) is 35.4 Å². The molecule has 39 heavy (non-hydrogen) atoms. The molecule has 1 saturated heterocycles. The first-order valence-electron chi connectivity index (χ1n) is 12.8. The molecule has 2 fully saturated rings. The molecule has 0 aromatic heterocycles. The minimum atomic E-state index is -5.01. The molecule has 1 aliphatic heterocycles. The van der Waals surface area contributed by atoms with Crippen LogP contribution in [0, 0.1) is 18.8 Å². The highest BCUT2D eigenvalue weighted by Gasteiger charge is 2.48. The zero-order valence-corrected chi connectivity index (χ0v) is 21.9. The molecule has 2 aliphatic rings. The van der Waals surface area contributed by atoms with E-state index in [1.54, 1.807) is 19.0 Å². The number of hydrogen-bond donors (Lipinski definition) is 1. The van der Waals surface area contributed by atoms with E-state index in [1.165, 1.54) is 4.90 Å². The number of carbonyl (C=O) groups excluding carboxylic acids is 1. The number of aliphatic hydroxyl groups excluding tert-OH is 1. The molecule has 1 N–H and O–H groups in total. The second kappa shape index (κ2) is 11.0. The van der Waals surface area contributed by atoms with Gasteiger partial charge in [-0.3, -0.25) is 0 Å². The highest BCUT2D eigenvalue weighted by Crippen LogP contribution is 2.49. The molecule has 5 atom stereocenters. The van der Waals surface area contributed by atoms with Gasteiger partial charge in [-0.15, -0.1) is 0 Å². The predicted octanol–water partition coefficient (Wildman–Crippen LogP) is 6.26. The van der Waals surface area contributed by atoms with Crippen molar-refractivity contribution in [1.82, 2.24) is 9.80 Å². The van der Waals surface area contributed by atoms with Gasteiger partial charge in [-0.05, 0) is 66.5 Å². The Bertz CT molecular complexity index is 1150. The summed E-state index contributed by atoms with van der Waals surface area (Å²) in [6, 6.07) is 8.77. The van der Waals surface area contributed by atoms with Crippen LogP contribution in [-0.2, 0) is 17.1 Å². The van der Waals surface area contributed by atoms with Crippen LogP contribution in [0.5, 0.6) is 0 Å².